The van der Waals surface area contributed by atoms with Gasteiger partial charge in [0.1, 0.15) is 6.61 Å². The number of anilines is 1. The molecule has 35 heavy (non-hydrogen) atoms. The molecule has 3 aromatic rings. The van der Waals surface area contributed by atoms with E-state index in [9.17, 15) is 9.59 Å². The first-order chi connectivity index (χ1) is 16.8. The Morgan fingerprint density at radius 1 is 1.14 bits per heavy atom. The third kappa shape index (κ3) is 6.09. The van der Waals surface area contributed by atoms with E-state index in [1.807, 2.05) is 12.1 Å². The van der Waals surface area contributed by atoms with Gasteiger partial charge in [0.25, 0.3) is 0 Å². The Hall–Kier alpha value is -3.62. The molecular formula is C26H20BrClN2O5. The largest absolute Gasteiger partial charge is 0.493 e. The number of halogens is 2. The molecule has 0 fully saturated rings. The SMILES string of the molecule is COc1cc(/C=C2\N=C(c3ccc(NC(C)=O)cc3)OC2=O)cc(Br)c1OCc1ccc(Cl)cc1. The van der Waals surface area contributed by atoms with Crippen molar-refractivity contribution in [3.63, 3.8) is 0 Å². The van der Waals surface area contributed by atoms with Gasteiger partial charge in [-0.2, -0.15) is 0 Å². The van der Waals surface area contributed by atoms with Gasteiger partial charge in [-0.3, -0.25) is 4.79 Å². The first-order valence-corrected chi connectivity index (χ1v) is 11.6. The molecule has 1 N–H and O–H groups in total. The molecule has 0 unspecified atom stereocenters. The highest BCUT2D eigenvalue weighted by atomic mass is 79.9. The molecule has 9 heteroatoms. The van der Waals surface area contributed by atoms with Crippen molar-refractivity contribution >= 4 is 57.1 Å². The van der Waals surface area contributed by atoms with Crippen molar-refractivity contribution in [3.8, 4) is 11.5 Å². The second kappa shape index (κ2) is 10.8. The molecule has 0 saturated carbocycles. The predicted molar refractivity (Wildman–Crippen MR) is 138 cm³/mol. The van der Waals surface area contributed by atoms with Crippen LogP contribution in [-0.4, -0.2) is 24.9 Å². The fourth-order valence-electron chi connectivity index (χ4n) is 3.29. The van der Waals surface area contributed by atoms with Crippen molar-refractivity contribution in [2.24, 2.45) is 4.99 Å². The van der Waals surface area contributed by atoms with Crippen LogP contribution in [0.1, 0.15) is 23.6 Å². The van der Waals surface area contributed by atoms with Gasteiger partial charge in [0, 0.05) is 23.2 Å². The quantitative estimate of drug-likeness (QED) is 0.286. The molecule has 1 aliphatic rings. The van der Waals surface area contributed by atoms with Crippen molar-refractivity contribution < 1.29 is 23.8 Å². The van der Waals surface area contributed by atoms with Gasteiger partial charge in [-0.25, -0.2) is 9.79 Å². The van der Waals surface area contributed by atoms with E-state index < -0.39 is 5.97 Å². The van der Waals surface area contributed by atoms with Crippen LogP contribution in [0, 0.1) is 0 Å². The molecule has 0 aliphatic carbocycles. The number of ether oxygens (including phenoxy) is 3. The molecule has 0 bridgehead atoms. The maximum Gasteiger partial charge on any atom is 0.363 e. The normalized spacial score (nSPS) is 13.9. The minimum Gasteiger partial charge on any atom is -0.493 e. The van der Waals surface area contributed by atoms with E-state index in [0.717, 1.165) is 5.56 Å². The number of cyclic esters (lactones) is 1. The van der Waals surface area contributed by atoms with Crippen molar-refractivity contribution in [2.45, 2.75) is 13.5 Å². The average molecular weight is 556 g/mol. The molecule has 178 valence electrons. The van der Waals surface area contributed by atoms with Crippen LogP contribution in [-0.2, 0) is 20.9 Å². The lowest BCUT2D eigenvalue weighted by molar-refractivity contribution is -0.129. The number of carbonyl (C=O) groups is 2. The number of nitrogens with one attached hydrogen (secondary N) is 1. The van der Waals surface area contributed by atoms with Gasteiger partial charge in [0.15, 0.2) is 17.2 Å². The molecule has 7 nitrogen and oxygen atoms in total. The Morgan fingerprint density at radius 3 is 2.51 bits per heavy atom. The monoisotopic (exact) mass is 554 g/mol. The fourth-order valence-corrected chi connectivity index (χ4v) is 3.99. The lowest BCUT2D eigenvalue weighted by atomic mass is 10.1. The Balaban J connectivity index is 1.54. The highest BCUT2D eigenvalue weighted by Crippen LogP contribution is 2.38. The number of hydrogen-bond donors (Lipinski definition) is 1. The predicted octanol–water partition coefficient (Wildman–Crippen LogP) is 5.99. The lowest BCUT2D eigenvalue weighted by Gasteiger charge is -2.14. The number of rotatable bonds is 7. The summed E-state index contributed by atoms with van der Waals surface area (Å²) in [5, 5.41) is 3.34. The van der Waals surface area contributed by atoms with Gasteiger partial charge in [0.2, 0.25) is 11.8 Å². The third-order valence-electron chi connectivity index (χ3n) is 4.92. The molecule has 0 aromatic heterocycles. The summed E-state index contributed by atoms with van der Waals surface area (Å²) >= 11 is 9.46. The Bertz CT molecular complexity index is 1340. The van der Waals surface area contributed by atoms with Crippen LogP contribution in [0.15, 0.2) is 75.8 Å². The second-order valence-electron chi connectivity index (χ2n) is 7.54. The molecule has 1 heterocycles. The van der Waals surface area contributed by atoms with Crippen LogP contribution in [0.5, 0.6) is 11.5 Å². The van der Waals surface area contributed by atoms with Crippen molar-refractivity contribution in [2.75, 3.05) is 12.4 Å². The summed E-state index contributed by atoms with van der Waals surface area (Å²) in [4.78, 5) is 27.9. The second-order valence-corrected chi connectivity index (χ2v) is 8.83. The first kappa shape index (κ1) is 24.5. The van der Waals surface area contributed by atoms with E-state index in [4.69, 9.17) is 25.8 Å². The van der Waals surface area contributed by atoms with Crippen molar-refractivity contribution in [3.05, 3.63) is 92.5 Å². The number of aliphatic imine (C=N–C) groups is 1. The van der Waals surface area contributed by atoms with E-state index in [1.54, 1.807) is 61.7 Å². The van der Waals surface area contributed by atoms with Crippen LogP contribution in [0.3, 0.4) is 0 Å². The van der Waals surface area contributed by atoms with Crippen LogP contribution >= 0.6 is 27.5 Å². The van der Waals surface area contributed by atoms with E-state index in [1.165, 1.54) is 6.92 Å². The Morgan fingerprint density at radius 2 is 1.86 bits per heavy atom. The van der Waals surface area contributed by atoms with Gasteiger partial charge < -0.3 is 19.5 Å². The summed E-state index contributed by atoms with van der Waals surface area (Å²) in [6.45, 7) is 1.76. The molecule has 1 aliphatic heterocycles. The third-order valence-corrected chi connectivity index (χ3v) is 5.77. The summed E-state index contributed by atoms with van der Waals surface area (Å²) in [6, 6.07) is 17.8. The van der Waals surface area contributed by atoms with Gasteiger partial charge in [-0.05, 0) is 81.7 Å². The van der Waals surface area contributed by atoms with Crippen molar-refractivity contribution in [1.82, 2.24) is 0 Å². The van der Waals surface area contributed by atoms with E-state index in [0.29, 0.717) is 44.4 Å². The number of hydrogen-bond acceptors (Lipinski definition) is 6. The van der Waals surface area contributed by atoms with Gasteiger partial charge in [-0.1, -0.05) is 23.7 Å². The summed E-state index contributed by atoms with van der Waals surface area (Å²) < 4.78 is 17.5. The molecule has 0 atom stereocenters. The van der Waals surface area contributed by atoms with E-state index in [-0.39, 0.29) is 17.5 Å². The summed E-state index contributed by atoms with van der Waals surface area (Å²) in [5.74, 6) is 0.468. The average Bonchev–Trinajstić information content (AvgIpc) is 3.19. The lowest BCUT2D eigenvalue weighted by Crippen LogP contribution is -2.07. The zero-order valence-corrected chi connectivity index (χ0v) is 21.1. The van der Waals surface area contributed by atoms with E-state index in [2.05, 4.69) is 26.2 Å². The molecule has 0 radical (unpaired) electrons. The number of esters is 1. The smallest absolute Gasteiger partial charge is 0.363 e. The van der Waals surface area contributed by atoms with Crippen molar-refractivity contribution in [1.29, 1.82) is 0 Å². The summed E-state index contributed by atoms with van der Waals surface area (Å²) in [7, 11) is 1.54. The highest BCUT2D eigenvalue weighted by Gasteiger charge is 2.24. The van der Waals surface area contributed by atoms with Crippen LogP contribution in [0.2, 0.25) is 5.02 Å². The fraction of sp³-hybridized carbons (Fsp3) is 0.115. The van der Waals surface area contributed by atoms with Crippen LogP contribution in [0.4, 0.5) is 5.69 Å². The number of methoxy groups -OCH3 is 1. The maximum absolute atomic E-state index is 12.4. The first-order valence-electron chi connectivity index (χ1n) is 10.5. The Labute approximate surface area is 215 Å². The minimum atomic E-state index is -0.566. The Kier molecular flexibility index (Phi) is 7.53. The van der Waals surface area contributed by atoms with Crippen LogP contribution in [0.25, 0.3) is 6.08 Å². The van der Waals surface area contributed by atoms with Gasteiger partial charge >= 0.3 is 5.97 Å². The molecule has 3 aromatic carbocycles. The van der Waals surface area contributed by atoms with Gasteiger partial charge in [-0.15, -0.1) is 0 Å². The standard InChI is InChI=1S/C26H20BrClN2O5/c1-15(31)29-20-9-5-18(6-10-20)25-30-22(26(32)35-25)12-17-11-21(27)24(23(13-17)33-2)34-14-16-3-7-19(28)8-4-16/h3-13H,14H2,1-2H3,(H,29,31)/b22-12-. The number of carbonyl (C=O) groups excluding carboxylic acids is 2. The molecule has 0 spiro atoms. The van der Waals surface area contributed by atoms with Gasteiger partial charge in [0.05, 0.1) is 11.6 Å². The van der Waals surface area contributed by atoms with Crippen LogP contribution < -0.4 is 14.8 Å². The maximum atomic E-state index is 12.4. The molecule has 0 saturated heterocycles. The molecule has 4 rings (SSSR count). The minimum absolute atomic E-state index is 0.148. The molecule has 1 amide bonds. The number of benzene rings is 3. The van der Waals surface area contributed by atoms with E-state index >= 15 is 0 Å². The number of nitrogens with zero attached hydrogens (tertiary/aromatic N) is 1. The highest BCUT2D eigenvalue weighted by molar-refractivity contribution is 9.10. The zero-order valence-electron chi connectivity index (χ0n) is 18.8. The number of amides is 1. The molecular weight excluding hydrogens is 536 g/mol. The topological polar surface area (TPSA) is 86.2 Å². The summed E-state index contributed by atoms with van der Waals surface area (Å²) in [6.07, 6.45) is 1.61. The summed E-state index contributed by atoms with van der Waals surface area (Å²) in [5.41, 5.74) is 3.02. The zero-order chi connectivity index (χ0) is 24.9.